The predicted molar refractivity (Wildman–Crippen MR) is 43.9 cm³/mol. The molecule has 0 aromatic heterocycles. The van der Waals surface area contributed by atoms with E-state index in [4.69, 9.17) is 4.74 Å². The van der Waals surface area contributed by atoms with Gasteiger partial charge in [0.1, 0.15) is 0 Å². The minimum absolute atomic E-state index is 0.821. The van der Waals surface area contributed by atoms with Gasteiger partial charge in [0, 0.05) is 20.8 Å². The zero-order valence-corrected chi connectivity index (χ0v) is 7.11. The van der Waals surface area contributed by atoms with Crippen molar-refractivity contribution in [3.63, 3.8) is 0 Å². The third-order valence-electron chi connectivity index (χ3n) is 1.43. The summed E-state index contributed by atoms with van der Waals surface area (Å²) in [5.74, 6) is 0. The van der Waals surface area contributed by atoms with Crippen LogP contribution in [-0.4, -0.2) is 20.8 Å². The average Bonchev–Trinajstić information content (AvgIpc) is 1.98. The van der Waals surface area contributed by atoms with Gasteiger partial charge in [-0.2, -0.15) is 0 Å². The summed E-state index contributed by atoms with van der Waals surface area (Å²) in [6.07, 6.45) is 4.18. The molecule has 0 atom stereocenters. The largest absolute Gasteiger partial charge is 0.394 e. The zero-order chi connectivity index (χ0) is 7.82. The number of methoxy groups -OCH3 is 1. The van der Waals surface area contributed by atoms with Crippen molar-refractivity contribution in [2.24, 2.45) is 0 Å². The van der Waals surface area contributed by atoms with Crippen LogP contribution in [0.4, 0.5) is 0 Å². The molecule has 2 nitrogen and oxygen atoms in total. The molecule has 0 aromatic carbocycles. The fourth-order valence-corrected chi connectivity index (χ4v) is 0.788. The van der Waals surface area contributed by atoms with E-state index in [0.717, 1.165) is 19.4 Å². The molecule has 0 fully saturated rings. The molecule has 0 saturated heterocycles. The van der Waals surface area contributed by atoms with Crippen molar-refractivity contribution in [3.8, 4) is 0 Å². The van der Waals surface area contributed by atoms with Gasteiger partial charge in [-0.25, -0.2) is 0 Å². The standard InChI is InChI=1S/C8H17NO/c1-4-8(7-9-2)5-6-10-3/h7,9H,4-6H2,1-3H3/b8-7+. The van der Waals surface area contributed by atoms with Gasteiger partial charge >= 0.3 is 0 Å². The summed E-state index contributed by atoms with van der Waals surface area (Å²) in [5.41, 5.74) is 1.41. The molecule has 0 unspecified atom stereocenters. The Morgan fingerprint density at radius 1 is 1.60 bits per heavy atom. The second kappa shape index (κ2) is 6.62. The third-order valence-corrected chi connectivity index (χ3v) is 1.43. The van der Waals surface area contributed by atoms with Crippen LogP contribution in [0, 0.1) is 0 Å². The maximum atomic E-state index is 4.95. The van der Waals surface area contributed by atoms with E-state index in [1.807, 2.05) is 13.2 Å². The first-order valence-electron chi connectivity index (χ1n) is 3.69. The molecule has 2 heteroatoms. The summed E-state index contributed by atoms with van der Waals surface area (Å²) in [6, 6.07) is 0. The van der Waals surface area contributed by atoms with Crippen LogP contribution in [0.3, 0.4) is 0 Å². The quantitative estimate of drug-likeness (QED) is 0.630. The fourth-order valence-electron chi connectivity index (χ4n) is 0.788. The van der Waals surface area contributed by atoms with Crippen molar-refractivity contribution in [2.75, 3.05) is 20.8 Å². The number of ether oxygens (including phenoxy) is 1. The summed E-state index contributed by atoms with van der Waals surface area (Å²) in [5, 5.41) is 3.01. The van der Waals surface area contributed by atoms with Gasteiger partial charge in [-0.1, -0.05) is 12.5 Å². The van der Waals surface area contributed by atoms with Gasteiger partial charge in [0.15, 0.2) is 0 Å². The molecule has 0 heterocycles. The molecule has 0 saturated carbocycles. The molecule has 0 bridgehead atoms. The Labute approximate surface area is 63.3 Å². The highest BCUT2D eigenvalue weighted by molar-refractivity contribution is 4.99. The molecular formula is C8H17NO. The molecule has 0 aliphatic rings. The van der Waals surface area contributed by atoms with Crippen LogP contribution in [0.1, 0.15) is 19.8 Å². The molecule has 1 N–H and O–H groups in total. The minimum Gasteiger partial charge on any atom is -0.394 e. The number of hydrogen-bond acceptors (Lipinski definition) is 2. The van der Waals surface area contributed by atoms with E-state index >= 15 is 0 Å². The Morgan fingerprint density at radius 2 is 2.30 bits per heavy atom. The number of nitrogens with one attached hydrogen (secondary N) is 1. The molecule has 0 radical (unpaired) electrons. The molecule has 0 spiro atoms. The van der Waals surface area contributed by atoms with Gasteiger partial charge < -0.3 is 10.1 Å². The first kappa shape index (κ1) is 9.50. The Morgan fingerprint density at radius 3 is 2.70 bits per heavy atom. The molecule has 0 amide bonds. The van der Waals surface area contributed by atoms with Crippen LogP contribution in [-0.2, 0) is 4.74 Å². The lowest BCUT2D eigenvalue weighted by Gasteiger charge is -2.02. The van der Waals surface area contributed by atoms with Gasteiger partial charge in [-0.15, -0.1) is 0 Å². The van der Waals surface area contributed by atoms with E-state index < -0.39 is 0 Å². The Hall–Kier alpha value is -0.500. The maximum absolute atomic E-state index is 4.95. The maximum Gasteiger partial charge on any atom is 0.0500 e. The summed E-state index contributed by atoms with van der Waals surface area (Å²) in [7, 11) is 3.65. The predicted octanol–water partition coefficient (Wildman–Crippen LogP) is 1.54. The molecule has 0 aliphatic carbocycles. The van der Waals surface area contributed by atoms with Crippen molar-refractivity contribution < 1.29 is 4.74 Å². The summed E-state index contributed by atoms with van der Waals surface area (Å²) in [4.78, 5) is 0. The fraction of sp³-hybridized carbons (Fsp3) is 0.750. The molecule has 60 valence electrons. The van der Waals surface area contributed by atoms with Crippen LogP contribution in [0.25, 0.3) is 0 Å². The third kappa shape index (κ3) is 4.39. The molecule has 0 aromatic rings. The normalized spacial score (nSPS) is 11.7. The second-order valence-corrected chi connectivity index (χ2v) is 2.19. The lowest BCUT2D eigenvalue weighted by molar-refractivity contribution is 0.201. The van der Waals surface area contributed by atoms with Crippen molar-refractivity contribution in [2.45, 2.75) is 19.8 Å². The molecule has 0 aliphatic heterocycles. The summed E-state index contributed by atoms with van der Waals surface area (Å²) in [6.45, 7) is 2.97. The van der Waals surface area contributed by atoms with Crippen molar-refractivity contribution in [1.29, 1.82) is 0 Å². The second-order valence-electron chi connectivity index (χ2n) is 2.19. The van der Waals surface area contributed by atoms with Gasteiger partial charge in [-0.3, -0.25) is 0 Å². The Kier molecular flexibility index (Phi) is 6.29. The Balaban J connectivity index is 3.49. The highest BCUT2D eigenvalue weighted by Gasteiger charge is 1.91. The smallest absolute Gasteiger partial charge is 0.0500 e. The molecular weight excluding hydrogens is 126 g/mol. The van der Waals surface area contributed by atoms with E-state index in [2.05, 4.69) is 12.2 Å². The topological polar surface area (TPSA) is 21.3 Å². The van der Waals surface area contributed by atoms with E-state index in [0.29, 0.717) is 0 Å². The van der Waals surface area contributed by atoms with E-state index in [1.165, 1.54) is 5.57 Å². The van der Waals surface area contributed by atoms with Crippen LogP contribution >= 0.6 is 0 Å². The van der Waals surface area contributed by atoms with Crippen molar-refractivity contribution in [1.82, 2.24) is 5.32 Å². The summed E-state index contributed by atoms with van der Waals surface area (Å²) >= 11 is 0. The van der Waals surface area contributed by atoms with E-state index in [1.54, 1.807) is 7.11 Å². The number of rotatable bonds is 5. The van der Waals surface area contributed by atoms with Crippen LogP contribution in [0.5, 0.6) is 0 Å². The Bertz CT molecular complexity index is 99.4. The van der Waals surface area contributed by atoms with Gasteiger partial charge in [0.05, 0.1) is 0 Å². The first-order valence-corrected chi connectivity index (χ1v) is 3.69. The van der Waals surface area contributed by atoms with Gasteiger partial charge in [0.2, 0.25) is 0 Å². The van der Waals surface area contributed by atoms with Gasteiger partial charge in [-0.05, 0) is 19.0 Å². The first-order chi connectivity index (χ1) is 4.85. The van der Waals surface area contributed by atoms with Gasteiger partial charge in [0.25, 0.3) is 0 Å². The van der Waals surface area contributed by atoms with Crippen molar-refractivity contribution in [3.05, 3.63) is 11.8 Å². The average molecular weight is 143 g/mol. The SMILES string of the molecule is CC/C(=C\NC)CCOC. The highest BCUT2D eigenvalue weighted by atomic mass is 16.5. The lowest BCUT2D eigenvalue weighted by Crippen LogP contribution is -1.98. The van der Waals surface area contributed by atoms with Crippen LogP contribution < -0.4 is 5.32 Å². The molecule has 10 heavy (non-hydrogen) atoms. The van der Waals surface area contributed by atoms with E-state index in [9.17, 15) is 0 Å². The monoisotopic (exact) mass is 143 g/mol. The van der Waals surface area contributed by atoms with Crippen LogP contribution in [0.15, 0.2) is 11.8 Å². The van der Waals surface area contributed by atoms with Crippen LogP contribution in [0.2, 0.25) is 0 Å². The minimum atomic E-state index is 0.821. The highest BCUT2D eigenvalue weighted by Crippen LogP contribution is 2.03. The van der Waals surface area contributed by atoms with E-state index in [-0.39, 0.29) is 0 Å². The van der Waals surface area contributed by atoms with Crippen molar-refractivity contribution >= 4 is 0 Å². The lowest BCUT2D eigenvalue weighted by atomic mass is 10.1. The number of hydrogen-bond donors (Lipinski definition) is 1. The summed E-state index contributed by atoms with van der Waals surface area (Å²) < 4.78 is 4.95. The zero-order valence-electron chi connectivity index (χ0n) is 7.11. The molecule has 0 rings (SSSR count).